The third-order valence-corrected chi connectivity index (χ3v) is 4.63. The number of nitrogens with zero attached hydrogens (tertiary/aromatic N) is 3. The van der Waals surface area contributed by atoms with Gasteiger partial charge in [0, 0.05) is 26.1 Å². The van der Waals surface area contributed by atoms with Crippen LogP contribution in [0.25, 0.3) is 0 Å². The van der Waals surface area contributed by atoms with Crippen molar-refractivity contribution in [2.75, 3.05) is 13.1 Å². The molecule has 1 amide bonds. The molecule has 3 rings (SSSR count). The van der Waals surface area contributed by atoms with Crippen LogP contribution in [0.2, 0.25) is 5.02 Å². The Balaban J connectivity index is 1.83. The molecule has 0 spiro atoms. The minimum Gasteiger partial charge on any atom is -0.342 e. The van der Waals surface area contributed by atoms with Gasteiger partial charge >= 0.3 is 0 Å². The normalized spacial score (nSPS) is 15.5. The van der Waals surface area contributed by atoms with Gasteiger partial charge < -0.3 is 15.2 Å². The molecule has 0 aliphatic carbocycles. The summed E-state index contributed by atoms with van der Waals surface area (Å²) in [7, 11) is 0. The molecule has 0 saturated carbocycles. The lowest BCUT2D eigenvalue weighted by Gasteiger charge is -2.16. The van der Waals surface area contributed by atoms with Gasteiger partial charge in [0.25, 0.3) is 5.91 Å². The van der Waals surface area contributed by atoms with Crippen molar-refractivity contribution in [3.63, 3.8) is 0 Å². The van der Waals surface area contributed by atoms with Gasteiger partial charge in [0.1, 0.15) is 11.6 Å². The zero-order chi connectivity index (χ0) is 17.3. The van der Waals surface area contributed by atoms with Crippen molar-refractivity contribution < 1.29 is 9.18 Å². The topological polar surface area (TPSA) is 71.8 Å². The molecule has 6 nitrogen and oxygen atoms in total. The van der Waals surface area contributed by atoms with E-state index in [0.29, 0.717) is 11.4 Å². The summed E-state index contributed by atoms with van der Waals surface area (Å²) in [5.41, 5.74) is 0.513. The van der Waals surface area contributed by atoms with Crippen LogP contribution in [0, 0.1) is 12.7 Å². The maximum atomic E-state index is 14.0. The largest absolute Gasteiger partial charge is 0.342 e. The monoisotopic (exact) mass is 351 g/mol. The van der Waals surface area contributed by atoms with Gasteiger partial charge in [-0.3, -0.25) is 4.79 Å². The van der Waals surface area contributed by atoms with Crippen LogP contribution in [0.1, 0.15) is 40.5 Å². The second-order valence-corrected chi connectivity index (χ2v) is 6.25. The van der Waals surface area contributed by atoms with Crippen LogP contribution in [-0.4, -0.2) is 33.8 Å². The molecule has 128 valence electrons. The number of carbonyl (C=O) groups is 1. The summed E-state index contributed by atoms with van der Waals surface area (Å²) in [6, 6.07) is 2.38. The molecule has 1 aliphatic rings. The number of carbonyl (C=O) groups excluding carboxylic acids is 1. The fourth-order valence-corrected chi connectivity index (χ4v) is 3.05. The number of amides is 1. The molecule has 1 aromatic heterocycles. The number of hydrogen-bond acceptors (Lipinski definition) is 4. The molecule has 2 heterocycles. The molecule has 2 aromatic rings. The Morgan fingerprint density at radius 1 is 1.42 bits per heavy atom. The number of hydrogen-bond donors (Lipinski definition) is 2. The summed E-state index contributed by atoms with van der Waals surface area (Å²) < 4.78 is 16.0. The van der Waals surface area contributed by atoms with E-state index in [1.165, 1.54) is 6.07 Å². The lowest BCUT2D eigenvalue weighted by molar-refractivity contribution is 0.0933. The molecule has 8 heteroatoms. The van der Waals surface area contributed by atoms with Gasteiger partial charge in [-0.05, 0) is 25.5 Å². The molecule has 0 fully saturated rings. The van der Waals surface area contributed by atoms with E-state index in [-0.39, 0.29) is 10.6 Å². The van der Waals surface area contributed by atoms with E-state index < -0.39 is 17.8 Å². The average molecular weight is 352 g/mol. The highest BCUT2D eigenvalue weighted by Crippen LogP contribution is 2.24. The lowest BCUT2D eigenvalue weighted by Crippen LogP contribution is -2.30. The van der Waals surface area contributed by atoms with Gasteiger partial charge in [-0.1, -0.05) is 17.7 Å². The van der Waals surface area contributed by atoms with Crippen LogP contribution in [0.3, 0.4) is 0 Å². The second kappa shape index (κ2) is 6.86. The van der Waals surface area contributed by atoms with Crippen molar-refractivity contribution in [2.45, 2.75) is 32.9 Å². The number of halogens is 2. The highest BCUT2D eigenvalue weighted by Gasteiger charge is 2.23. The molecule has 0 bridgehead atoms. The van der Waals surface area contributed by atoms with E-state index in [0.717, 1.165) is 31.9 Å². The van der Waals surface area contributed by atoms with E-state index in [2.05, 4.69) is 20.8 Å². The zero-order valence-electron chi connectivity index (χ0n) is 13.6. The van der Waals surface area contributed by atoms with Crippen molar-refractivity contribution in [3.05, 3.63) is 45.7 Å². The van der Waals surface area contributed by atoms with Crippen LogP contribution in [-0.2, 0) is 13.0 Å². The first kappa shape index (κ1) is 16.9. The average Bonchev–Trinajstić information content (AvgIpc) is 2.80. The van der Waals surface area contributed by atoms with E-state index in [1.807, 2.05) is 4.57 Å². The SMILES string of the molecule is Cc1ccc(F)c(C(=O)NC(C)c2nnc3n2CCNCC3)c1Cl. The first-order valence-corrected chi connectivity index (χ1v) is 8.25. The molecule has 24 heavy (non-hydrogen) atoms. The van der Waals surface area contributed by atoms with E-state index in [9.17, 15) is 9.18 Å². The summed E-state index contributed by atoms with van der Waals surface area (Å²) in [4.78, 5) is 12.5. The number of nitrogens with one attached hydrogen (secondary N) is 2. The van der Waals surface area contributed by atoms with Crippen LogP contribution in [0.4, 0.5) is 4.39 Å². The third kappa shape index (κ3) is 3.14. The molecule has 0 saturated heterocycles. The van der Waals surface area contributed by atoms with E-state index >= 15 is 0 Å². The van der Waals surface area contributed by atoms with Crippen molar-refractivity contribution in [3.8, 4) is 0 Å². The van der Waals surface area contributed by atoms with Crippen molar-refractivity contribution in [1.29, 1.82) is 0 Å². The van der Waals surface area contributed by atoms with Crippen LogP contribution < -0.4 is 10.6 Å². The van der Waals surface area contributed by atoms with Crippen molar-refractivity contribution >= 4 is 17.5 Å². The third-order valence-electron chi connectivity index (χ3n) is 4.14. The molecular weight excluding hydrogens is 333 g/mol. The summed E-state index contributed by atoms with van der Waals surface area (Å²) >= 11 is 6.10. The first-order valence-electron chi connectivity index (χ1n) is 7.87. The van der Waals surface area contributed by atoms with Crippen molar-refractivity contribution in [2.24, 2.45) is 0 Å². The molecule has 1 unspecified atom stereocenters. The van der Waals surface area contributed by atoms with Crippen LogP contribution in [0.5, 0.6) is 0 Å². The highest BCUT2D eigenvalue weighted by molar-refractivity contribution is 6.34. The fraction of sp³-hybridized carbons (Fsp3) is 0.438. The zero-order valence-corrected chi connectivity index (χ0v) is 14.3. The number of benzene rings is 1. The maximum Gasteiger partial charge on any atom is 0.256 e. The Morgan fingerprint density at radius 2 is 2.21 bits per heavy atom. The summed E-state index contributed by atoms with van der Waals surface area (Å²) in [6.45, 7) is 5.93. The molecule has 2 N–H and O–H groups in total. The number of aromatic nitrogens is 3. The minimum atomic E-state index is -0.639. The Hall–Kier alpha value is -1.99. The van der Waals surface area contributed by atoms with E-state index in [1.54, 1.807) is 19.9 Å². The molecule has 1 atom stereocenters. The smallest absolute Gasteiger partial charge is 0.256 e. The van der Waals surface area contributed by atoms with Gasteiger partial charge in [-0.25, -0.2) is 4.39 Å². The van der Waals surface area contributed by atoms with Gasteiger partial charge in [0.2, 0.25) is 0 Å². The fourth-order valence-electron chi connectivity index (χ4n) is 2.81. The van der Waals surface area contributed by atoms with Crippen molar-refractivity contribution in [1.82, 2.24) is 25.4 Å². The predicted molar refractivity (Wildman–Crippen MR) is 88.6 cm³/mol. The van der Waals surface area contributed by atoms with Crippen LogP contribution >= 0.6 is 11.6 Å². The van der Waals surface area contributed by atoms with E-state index in [4.69, 9.17) is 11.6 Å². The lowest BCUT2D eigenvalue weighted by atomic mass is 10.1. The number of aryl methyl sites for hydroxylation is 1. The first-order chi connectivity index (χ1) is 11.5. The quantitative estimate of drug-likeness (QED) is 0.887. The molecule has 0 radical (unpaired) electrons. The molecular formula is C16H19ClFN5O. The predicted octanol–water partition coefficient (Wildman–Crippen LogP) is 2.02. The Kier molecular flexibility index (Phi) is 4.82. The standard InChI is InChI=1S/C16H19ClFN5O/c1-9-3-4-11(18)13(14(9)17)16(24)20-10(2)15-22-21-12-5-6-19-7-8-23(12)15/h3-4,10,19H,5-8H2,1-2H3,(H,20,24). The maximum absolute atomic E-state index is 14.0. The van der Waals surface area contributed by atoms with Gasteiger partial charge in [0.05, 0.1) is 16.6 Å². The number of fused-ring (bicyclic) bond motifs is 1. The Bertz CT molecular complexity index is 776. The summed E-state index contributed by atoms with van der Waals surface area (Å²) in [6.07, 6.45) is 0.784. The number of rotatable bonds is 3. The molecule has 1 aromatic carbocycles. The van der Waals surface area contributed by atoms with Gasteiger partial charge in [-0.15, -0.1) is 10.2 Å². The second-order valence-electron chi connectivity index (χ2n) is 5.87. The molecule has 1 aliphatic heterocycles. The van der Waals surface area contributed by atoms with Crippen LogP contribution in [0.15, 0.2) is 12.1 Å². The Labute approximate surface area is 144 Å². The summed E-state index contributed by atoms with van der Waals surface area (Å²) in [5.74, 6) is 0.347. The highest BCUT2D eigenvalue weighted by atomic mass is 35.5. The Morgan fingerprint density at radius 3 is 3.00 bits per heavy atom. The van der Waals surface area contributed by atoms with Gasteiger partial charge in [0.15, 0.2) is 5.82 Å². The summed E-state index contributed by atoms with van der Waals surface area (Å²) in [5, 5.41) is 14.6. The van der Waals surface area contributed by atoms with Gasteiger partial charge in [-0.2, -0.15) is 0 Å². The minimum absolute atomic E-state index is 0.129.